The van der Waals surface area contributed by atoms with Crippen molar-refractivity contribution in [1.82, 2.24) is 10.2 Å². The molecular weight excluding hydrogens is 212 g/mol. The van der Waals surface area contributed by atoms with Gasteiger partial charge in [-0.1, -0.05) is 30.3 Å². The predicted octanol–water partition coefficient (Wildman–Crippen LogP) is 1.92. The Balaban J connectivity index is 1.85. The highest BCUT2D eigenvalue weighted by Gasteiger charge is 2.41. The smallest absolute Gasteiger partial charge is 0.238 e. The van der Waals surface area contributed by atoms with Crippen molar-refractivity contribution in [3.63, 3.8) is 0 Å². The first kappa shape index (κ1) is 10.8. The standard InChI is InChI=1S/C14H18N2O/c1-10(11-7-8-11)16-13(17)9-15-14(16)12-5-3-2-4-6-12/h2-6,10-11,14-15H,7-9H2,1H3. The highest BCUT2D eigenvalue weighted by molar-refractivity contribution is 5.81. The molecule has 1 saturated carbocycles. The number of hydrogen-bond donors (Lipinski definition) is 1. The first-order chi connectivity index (χ1) is 8.27. The van der Waals surface area contributed by atoms with Gasteiger partial charge in [0.2, 0.25) is 5.91 Å². The Bertz CT molecular complexity index is 413. The zero-order valence-electron chi connectivity index (χ0n) is 10.1. The van der Waals surface area contributed by atoms with E-state index in [1.54, 1.807) is 0 Å². The van der Waals surface area contributed by atoms with E-state index in [1.807, 2.05) is 23.1 Å². The lowest BCUT2D eigenvalue weighted by atomic mass is 10.1. The van der Waals surface area contributed by atoms with E-state index in [2.05, 4.69) is 24.4 Å². The average molecular weight is 230 g/mol. The molecule has 3 nitrogen and oxygen atoms in total. The molecule has 2 atom stereocenters. The number of amides is 1. The third-order valence-corrected chi connectivity index (χ3v) is 3.87. The Morgan fingerprint density at radius 1 is 1.29 bits per heavy atom. The molecular formula is C14H18N2O. The summed E-state index contributed by atoms with van der Waals surface area (Å²) in [7, 11) is 0. The molecule has 2 fully saturated rings. The maximum atomic E-state index is 12.0. The van der Waals surface area contributed by atoms with E-state index in [-0.39, 0.29) is 12.1 Å². The van der Waals surface area contributed by atoms with Crippen LogP contribution in [0, 0.1) is 5.92 Å². The summed E-state index contributed by atoms with van der Waals surface area (Å²) < 4.78 is 0. The van der Waals surface area contributed by atoms with Gasteiger partial charge in [-0.25, -0.2) is 0 Å². The van der Waals surface area contributed by atoms with Crippen molar-refractivity contribution in [3.05, 3.63) is 35.9 Å². The maximum Gasteiger partial charge on any atom is 0.238 e. The molecule has 1 aromatic carbocycles. The fourth-order valence-corrected chi connectivity index (χ4v) is 2.70. The highest BCUT2D eigenvalue weighted by Crippen LogP contribution is 2.38. The topological polar surface area (TPSA) is 32.3 Å². The summed E-state index contributed by atoms with van der Waals surface area (Å²) in [4.78, 5) is 14.0. The minimum Gasteiger partial charge on any atom is -0.319 e. The van der Waals surface area contributed by atoms with Gasteiger partial charge >= 0.3 is 0 Å². The van der Waals surface area contributed by atoms with Crippen LogP contribution in [0.25, 0.3) is 0 Å². The molecule has 3 heteroatoms. The molecule has 1 heterocycles. The van der Waals surface area contributed by atoms with Crippen LogP contribution < -0.4 is 5.32 Å². The SMILES string of the molecule is CC(C1CC1)N1C(=O)CNC1c1ccccc1. The largest absolute Gasteiger partial charge is 0.319 e. The summed E-state index contributed by atoms with van der Waals surface area (Å²) in [6.45, 7) is 2.65. The molecule has 17 heavy (non-hydrogen) atoms. The summed E-state index contributed by atoms with van der Waals surface area (Å²) in [5.41, 5.74) is 1.19. The molecule has 0 radical (unpaired) electrons. The Morgan fingerprint density at radius 2 is 2.00 bits per heavy atom. The van der Waals surface area contributed by atoms with Gasteiger partial charge < -0.3 is 4.90 Å². The molecule has 1 aliphatic carbocycles. The van der Waals surface area contributed by atoms with Crippen molar-refractivity contribution in [3.8, 4) is 0 Å². The fraction of sp³-hybridized carbons (Fsp3) is 0.500. The van der Waals surface area contributed by atoms with E-state index in [1.165, 1.54) is 18.4 Å². The van der Waals surface area contributed by atoms with Crippen LogP contribution in [0.4, 0.5) is 0 Å². The Labute approximate surface area is 102 Å². The van der Waals surface area contributed by atoms with Crippen molar-refractivity contribution < 1.29 is 4.79 Å². The van der Waals surface area contributed by atoms with Crippen molar-refractivity contribution >= 4 is 5.91 Å². The molecule has 0 spiro atoms. The summed E-state index contributed by atoms with van der Waals surface area (Å²) >= 11 is 0. The number of carbonyl (C=O) groups excluding carboxylic acids is 1. The second-order valence-corrected chi connectivity index (χ2v) is 5.07. The number of hydrogen-bond acceptors (Lipinski definition) is 2. The molecule has 1 amide bonds. The van der Waals surface area contributed by atoms with Gasteiger partial charge in [0.15, 0.2) is 0 Å². The van der Waals surface area contributed by atoms with E-state index < -0.39 is 0 Å². The van der Waals surface area contributed by atoms with Crippen LogP contribution in [-0.2, 0) is 4.79 Å². The molecule has 0 aromatic heterocycles. The van der Waals surface area contributed by atoms with Gasteiger partial charge in [-0.2, -0.15) is 0 Å². The Morgan fingerprint density at radius 3 is 2.65 bits per heavy atom. The summed E-state index contributed by atoms with van der Waals surface area (Å²) in [5.74, 6) is 0.948. The van der Waals surface area contributed by atoms with Gasteiger partial charge in [-0.3, -0.25) is 10.1 Å². The Kier molecular flexibility index (Phi) is 2.63. The number of benzene rings is 1. The van der Waals surface area contributed by atoms with E-state index in [4.69, 9.17) is 0 Å². The third-order valence-electron chi connectivity index (χ3n) is 3.87. The van der Waals surface area contributed by atoms with Crippen LogP contribution in [0.1, 0.15) is 31.5 Å². The van der Waals surface area contributed by atoms with Crippen LogP contribution in [0.3, 0.4) is 0 Å². The van der Waals surface area contributed by atoms with Gasteiger partial charge in [0.1, 0.15) is 6.17 Å². The van der Waals surface area contributed by atoms with Crippen molar-refractivity contribution in [2.24, 2.45) is 5.92 Å². The predicted molar refractivity (Wildman–Crippen MR) is 66.2 cm³/mol. The van der Waals surface area contributed by atoms with Crippen molar-refractivity contribution in [2.45, 2.75) is 32.0 Å². The zero-order chi connectivity index (χ0) is 11.8. The van der Waals surface area contributed by atoms with Gasteiger partial charge in [0.25, 0.3) is 0 Å². The van der Waals surface area contributed by atoms with Crippen LogP contribution >= 0.6 is 0 Å². The molecule has 3 rings (SSSR count). The summed E-state index contributed by atoms with van der Waals surface area (Å²) in [6.07, 6.45) is 2.61. The number of nitrogens with one attached hydrogen (secondary N) is 1. The van der Waals surface area contributed by atoms with Gasteiger partial charge in [0.05, 0.1) is 6.54 Å². The lowest BCUT2D eigenvalue weighted by molar-refractivity contribution is -0.130. The first-order valence-electron chi connectivity index (χ1n) is 6.37. The summed E-state index contributed by atoms with van der Waals surface area (Å²) in [6, 6.07) is 10.6. The first-order valence-corrected chi connectivity index (χ1v) is 6.37. The van der Waals surface area contributed by atoms with Crippen LogP contribution in [0.5, 0.6) is 0 Å². The molecule has 1 aromatic rings. The molecule has 1 aliphatic heterocycles. The highest BCUT2D eigenvalue weighted by atomic mass is 16.2. The van der Waals surface area contributed by atoms with E-state index in [9.17, 15) is 4.79 Å². The van der Waals surface area contributed by atoms with E-state index in [0.717, 1.165) is 0 Å². The monoisotopic (exact) mass is 230 g/mol. The molecule has 90 valence electrons. The average Bonchev–Trinajstić information content (AvgIpc) is 3.13. The number of nitrogens with zero attached hydrogens (tertiary/aromatic N) is 1. The fourth-order valence-electron chi connectivity index (χ4n) is 2.70. The normalized spacial score (nSPS) is 26.3. The third kappa shape index (κ3) is 1.95. The number of rotatable bonds is 3. The van der Waals surface area contributed by atoms with Gasteiger partial charge in [0, 0.05) is 6.04 Å². The second-order valence-electron chi connectivity index (χ2n) is 5.07. The Hall–Kier alpha value is -1.35. The maximum absolute atomic E-state index is 12.0. The second kappa shape index (κ2) is 4.15. The summed E-state index contributed by atoms with van der Waals surface area (Å²) in [5, 5.41) is 3.31. The lowest BCUT2D eigenvalue weighted by Crippen LogP contribution is -2.39. The van der Waals surface area contributed by atoms with Crippen LogP contribution in [-0.4, -0.2) is 23.4 Å². The number of carbonyl (C=O) groups is 1. The molecule has 0 bridgehead atoms. The van der Waals surface area contributed by atoms with E-state index in [0.29, 0.717) is 18.5 Å². The van der Waals surface area contributed by atoms with Crippen LogP contribution in [0.2, 0.25) is 0 Å². The minimum atomic E-state index is 0.0688. The van der Waals surface area contributed by atoms with Crippen molar-refractivity contribution in [2.75, 3.05) is 6.54 Å². The zero-order valence-corrected chi connectivity index (χ0v) is 10.1. The molecule has 2 unspecified atom stereocenters. The van der Waals surface area contributed by atoms with Gasteiger partial charge in [-0.15, -0.1) is 0 Å². The van der Waals surface area contributed by atoms with Crippen LogP contribution in [0.15, 0.2) is 30.3 Å². The van der Waals surface area contributed by atoms with E-state index >= 15 is 0 Å². The van der Waals surface area contributed by atoms with Gasteiger partial charge in [-0.05, 0) is 31.2 Å². The lowest BCUT2D eigenvalue weighted by Gasteiger charge is -2.30. The minimum absolute atomic E-state index is 0.0688. The quantitative estimate of drug-likeness (QED) is 0.860. The molecule has 2 aliphatic rings. The van der Waals surface area contributed by atoms with Crippen molar-refractivity contribution in [1.29, 1.82) is 0 Å². The molecule has 1 N–H and O–H groups in total. The molecule has 1 saturated heterocycles.